The third-order valence-corrected chi connectivity index (χ3v) is 3.19. The van der Waals surface area contributed by atoms with Crippen molar-refractivity contribution in [3.8, 4) is 17.2 Å². The second kappa shape index (κ2) is 6.35. The van der Waals surface area contributed by atoms with Crippen molar-refractivity contribution in [2.45, 2.75) is 0 Å². The van der Waals surface area contributed by atoms with E-state index in [1.165, 1.54) is 25.5 Å². The molecule has 0 atom stereocenters. The maximum atomic E-state index is 13.5. The van der Waals surface area contributed by atoms with Crippen LogP contribution >= 0.6 is 0 Å². The minimum atomic E-state index is -0.501. The molecule has 6 nitrogen and oxygen atoms in total. The van der Waals surface area contributed by atoms with Crippen LogP contribution in [0, 0.1) is 5.82 Å². The van der Waals surface area contributed by atoms with Crippen molar-refractivity contribution in [1.82, 2.24) is 5.43 Å². The molecule has 1 aliphatic heterocycles. The van der Waals surface area contributed by atoms with Crippen molar-refractivity contribution in [1.29, 1.82) is 0 Å². The minimum Gasteiger partial charge on any atom is -0.494 e. The highest BCUT2D eigenvalue weighted by Gasteiger charge is 2.15. The summed E-state index contributed by atoms with van der Waals surface area (Å²) >= 11 is 0. The van der Waals surface area contributed by atoms with Gasteiger partial charge in [0.2, 0.25) is 6.79 Å². The van der Waals surface area contributed by atoms with Gasteiger partial charge in [-0.1, -0.05) is 0 Å². The normalized spacial score (nSPS) is 12.4. The van der Waals surface area contributed by atoms with Crippen LogP contribution < -0.4 is 19.6 Å². The maximum absolute atomic E-state index is 13.5. The van der Waals surface area contributed by atoms with E-state index in [1.807, 2.05) is 0 Å². The Bertz CT molecular complexity index is 777. The van der Waals surface area contributed by atoms with Crippen molar-refractivity contribution >= 4 is 12.1 Å². The van der Waals surface area contributed by atoms with E-state index in [1.54, 1.807) is 24.3 Å². The monoisotopic (exact) mass is 316 g/mol. The van der Waals surface area contributed by atoms with Crippen LogP contribution in [0.5, 0.6) is 17.2 Å². The summed E-state index contributed by atoms with van der Waals surface area (Å²) in [5.41, 5.74) is 3.24. The summed E-state index contributed by atoms with van der Waals surface area (Å²) in [4.78, 5) is 12.0. The van der Waals surface area contributed by atoms with Crippen molar-refractivity contribution < 1.29 is 23.4 Å². The number of benzene rings is 2. The molecule has 1 aliphatic rings. The number of ether oxygens (including phenoxy) is 3. The van der Waals surface area contributed by atoms with Gasteiger partial charge in [-0.05, 0) is 42.0 Å². The molecular formula is C16H13FN2O4. The van der Waals surface area contributed by atoms with E-state index in [0.717, 1.165) is 0 Å². The van der Waals surface area contributed by atoms with E-state index in [0.29, 0.717) is 22.6 Å². The Morgan fingerprint density at radius 2 is 2.09 bits per heavy atom. The van der Waals surface area contributed by atoms with Crippen LogP contribution in [-0.2, 0) is 0 Å². The molecule has 23 heavy (non-hydrogen) atoms. The fraction of sp³-hybridized carbons (Fsp3) is 0.125. The smallest absolute Gasteiger partial charge is 0.271 e. The van der Waals surface area contributed by atoms with E-state index in [9.17, 15) is 9.18 Å². The van der Waals surface area contributed by atoms with E-state index in [2.05, 4.69) is 10.5 Å². The third-order valence-electron chi connectivity index (χ3n) is 3.19. The SMILES string of the molecule is COc1ccc(/C=N\NC(=O)c2ccc3c(c2)OCO3)cc1F. The number of fused-ring (bicyclic) bond motifs is 1. The zero-order valence-electron chi connectivity index (χ0n) is 12.2. The van der Waals surface area contributed by atoms with Gasteiger partial charge < -0.3 is 14.2 Å². The number of rotatable bonds is 4. The molecule has 0 saturated heterocycles. The largest absolute Gasteiger partial charge is 0.494 e. The molecule has 2 aromatic rings. The lowest BCUT2D eigenvalue weighted by Gasteiger charge is -2.03. The predicted octanol–water partition coefficient (Wildman–Crippen LogP) is 2.33. The summed E-state index contributed by atoms with van der Waals surface area (Å²) in [6, 6.07) is 9.19. The number of amides is 1. The first kappa shape index (κ1) is 14.8. The van der Waals surface area contributed by atoms with Gasteiger partial charge in [-0.15, -0.1) is 0 Å². The first-order valence-electron chi connectivity index (χ1n) is 6.74. The van der Waals surface area contributed by atoms with Crippen LogP contribution in [0.2, 0.25) is 0 Å². The first-order chi connectivity index (χ1) is 11.2. The number of hydrogen-bond acceptors (Lipinski definition) is 5. The summed E-state index contributed by atoms with van der Waals surface area (Å²) < 4.78 is 28.7. The average Bonchev–Trinajstić information content (AvgIpc) is 3.02. The third kappa shape index (κ3) is 3.23. The summed E-state index contributed by atoms with van der Waals surface area (Å²) in [7, 11) is 1.39. The van der Waals surface area contributed by atoms with Gasteiger partial charge in [0.1, 0.15) is 0 Å². The molecule has 1 N–H and O–H groups in total. The molecule has 0 saturated carbocycles. The van der Waals surface area contributed by atoms with Crippen LogP contribution in [0.1, 0.15) is 15.9 Å². The highest BCUT2D eigenvalue weighted by molar-refractivity contribution is 5.95. The van der Waals surface area contributed by atoms with E-state index < -0.39 is 11.7 Å². The average molecular weight is 316 g/mol. The van der Waals surface area contributed by atoms with Gasteiger partial charge in [0.05, 0.1) is 13.3 Å². The number of nitrogens with zero attached hydrogens (tertiary/aromatic N) is 1. The molecule has 1 amide bonds. The summed E-state index contributed by atoms with van der Waals surface area (Å²) in [6.07, 6.45) is 1.34. The highest BCUT2D eigenvalue weighted by atomic mass is 19.1. The molecule has 0 bridgehead atoms. The molecule has 0 fully saturated rings. The lowest BCUT2D eigenvalue weighted by atomic mass is 10.2. The zero-order chi connectivity index (χ0) is 16.2. The molecule has 0 radical (unpaired) electrons. The first-order valence-corrected chi connectivity index (χ1v) is 6.74. The second-order valence-electron chi connectivity index (χ2n) is 4.66. The fourth-order valence-electron chi connectivity index (χ4n) is 2.03. The lowest BCUT2D eigenvalue weighted by molar-refractivity contribution is 0.0954. The molecule has 118 valence electrons. The van der Waals surface area contributed by atoms with E-state index >= 15 is 0 Å². The predicted molar refractivity (Wildman–Crippen MR) is 80.6 cm³/mol. The van der Waals surface area contributed by atoms with Crippen molar-refractivity contribution in [2.75, 3.05) is 13.9 Å². The number of carbonyl (C=O) groups excluding carboxylic acids is 1. The molecule has 1 heterocycles. The Balaban J connectivity index is 1.65. The number of carbonyl (C=O) groups is 1. The van der Waals surface area contributed by atoms with Crippen molar-refractivity contribution in [2.24, 2.45) is 5.10 Å². The lowest BCUT2D eigenvalue weighted by Crippen LogP contribution is -2.17. The standard InChI is InChI=1S/C16H13FN2O4/c1-21-13-4-2-10(6-12(13)17)8-18-19-16(20)11-3-5-14-15(7-11)23-9-22-14/h2-8H,9H2,1H3,(H,19,20)/b18-8-. The van der Waals surface area contributed by atoms with Gasteiger partial charge in [-0.3, -0.25) is 4.79 Å². The number of methoxy groups -OCH3 is 1. The van der Waals surface area contributed by atoms with Gasteiger partial charge in [0.25, 0.3) is 5.91 Å². The fourth-order valence-corrected chi connectivity index (χ4v) is 2.03. The van der Waals surface area contributed by atoms with Crippen molar-refractivity contribution in [3.05, 3.63) is 53.3 Å². The Hall–Kier alpha value is -3.09. The molecule has 0 spiro atoms. The van der Waals surface area contributed by atoms with Gasteiger partial charge in [0.15, 0.2) is 23.1 Å². The van der Waals surface area contributed by atoms with E-state index in [4.69, 9.17) is 14.2 Å². The van der Waals surface area contributed by atoms with Gasteiger partial charge >= 0.3 is 0 Å². The second-order valence-corrected chi connectivity index (χ2v) is 4.66. The van der Waals surface area contributed by atoms with Gasteiger partial charge in [-0.2, -0.15) is 5.10 Å². The topological polar surface area (TPSA) is 69.2 Å². The number of nitrogens with one attached hydrogen (secondary N) is 1. The molecule has 2 aromatic carbocycles. The van der Waals surface area contributed by atoms with Crippen LogP contribution in [0.15, 0.2) is 41.5 Å². The van der Waals surface area contributed by atoms with Gasteiger partial charge in [0, 0.05) is 5.56 Å². The highest BCUT2D eigenvalue weighted by Crippen LogP contribution is 2.32. The Kier molecular flexibility index (Phi) is 4.09. The number of hydrazone groups is 1. The van der Waals surface area contributed by atoms with Gasteiger partial charge in [-0.25, -0.2) is 9.82 Å². The van der Waals surface area contributed by atoms with Crippen LogP contribution in [0.25, 0.3) is 0 Å². The summed E-state index contributed by atoms with van der Waals surface area (Å²) in [6.45, 7) is 0.140. The van der Waals surface area contributed by atoms with Crippen LogP contribution in [0.3, 0.4) is 0 Å². The summed E-state index contributed by atoms with van der Waals surface area (Å²) in [5.74, 6) is 0.344. The molecule has 7 heteroatoms. The number of halogens is 1. The Morgan fingerprint density at radius 3 is 2.87 bits per heavy atom. The quantitative estimate of drug-likeness (QED) is 0.694. The molecule has 3 rings (SSSR count). The molecule has 0 aromatic heterocycles. The zero-order valence-corrected chi connectivity index (χ0v) is 12.2. The van der Waals surface area contributed by atoms with Crippen molar-refractivity contribution in [3.63, 3.8) is 0 Å². The molecule has 0 unspecified atom stereocenters. The molecule has 0 aliphatic carbocycles. The maximum Gasteiger partial charge on any atom is 0.271 e. The Labute approximate surface area is 131 Å². The number of hydrogen-bond donors (Lipinski definition) is 1. The molecular weight excluding hydrogens is 303 g/mol. The van der Waals surface area contributed by atoms with Crippen LogP contribution in [-0.4, -0.2) is 26.0 Å². The Morgan fingerprint density at radius 1 is 1.26 bits per heavy atom. The van der Waals surface area contributed by atoms with Crippen LogP contribution in [0.4, 0.5) is 4.39 Å². The minimum absolute atomic E-state index is 0.140. The summed E-state index contributed by atoms with van der Waals surface area (Å²) in [5, 5.41) is 3.80. The van der Waals surface area contributed by atoms with E-state index in [-0.39, 0.29) is 12.5 Å².